The van der Waals surface area contributed by atoms with Gasteiger partial charge in [0.05, 0.1) is 19.2 Å². The van der Waals surface area contributed by atoms with Crippen LogP contribution in [0.1, 0.15) is 32.6 Å². The zero-order chi connectivity index (χ0) is 23.7. The molecule has 0 saturated carbocycles. The quantitative estimate of drug-likeness (QED) is 0.567. The van der Waals surface area contributed by atoms with Crippen molar-refractivity contribution in [1.82, 2.24) is 14.6 Å². The lowest BCUT2D eigenvalue weighted by Gasteiger charge is -2.34. The summed E-state index contributed by atoms with van der Waals surface area (Å²) in [7, 11) is 1.62. The van der Waals surface area contributed by atoms with Crippen LogP contribution < -0.4 is 19.3 Å². The van der Waals surface area contributed by atoms with Crippen molar-refractivity contribution in [2.24, 2.45) is 5.92 Å². The van der Waals surface area contributed by atoms with Crippen LogP contribution >= 0.6 is 0 Å². The van der Waals surface area contributed by atoms with Gasteiger partial charge in [0.2, 0.25) is 5.88 Å². The average Bonchev–Trinajstić information content (AvgIpc) is 3.45. The molecule has 0 amide bonds. The standard InChI is InChI=1S/C25H31N5O4/c1-17-13-19(14-24(31)32)29(16-17)18-3-5-20(6-4-18)34-21-7-10-28(11-8-21)22-15-23(33-2)27-30-12-9-26-25(22)30/h3-6,9,12,15,17,19,21H,7-8,10-11,13-14,16H2,1-2H3,(H,31,32)/t17-,19-/m1/s1. The van der Waals surface area contributed by atoms with Gasteiger partial charge in [-0.3, -0.25) is 4.79 Å². The highest BCUT2D eigenvalue weighted by Crippen LogP contribution is 2.33. The molecule has 1 aromatic carbocycles. The molecular formula is C25H31N5O4. The second-order valence-corrected chi connectivity index (χ2v) is 9.31. The highest BCUT2D eigenvalue weighted by molar-refractivity contribution is 5.70. The Kier molecular flexibility index (Phi) is 6.17. The van der Waals surface area contributed by atoms with Gasteiger partial charge in [-0.05, 0) is 36.6 Å². The van der Waals surface area contributed by atoms with Gasteiger partial charge in [0.25, 0.3) is 0 Å². The summed E-state index contributed by atoms with van der Waals surface area (Å²) in [6.45, 7) is 4.79. The van der Waals surface area contributed by atoms with Crippen LogP contribution in [0.3, 0.4) is 0 Å². The van der Waals surface area contributed by atoms with E-state index in [1.807, 2.05) is 24.4 Å². The number of methoxy groups -OCH3 is 1. The molecule has 2 aliphatic rings. The van der Waals surface area contributed by atoms with E-state index in [9.17, 15) is 9.90 Å². The number of aliphatic carboxylic acids is 1. The Morgan fingerprint density at radius 1 is 1.21 bits per heavy atom. The van der Waals surface area contributed by atoms with Gasteiger partial charge >= 0.3 is 5.97 Å². The number of nitrogens with zero attached hydrogens (tertiary/aromatic N) is 5. The van der Waals surface area contributed by atoms with Crippen molar-refractivity contribution in [2.45, 2.75) is 44.8 Å². The maximum Gasteiger partial charge on any atom is 0.305 e. The largest absolute Gasteiger partial charge is 0.490 e. The first-order chi connectivity index (χ1) is 16.5. The summed E-state index contributed by atoms with van der Waals surface area (Å²) in [4.78, 5) is 20.2. The molecule has 9 heteroatoms. The van der Waals surface area contributed by atoms with Crippen molar-refractivity contribution in [3.63, 3.8) is 0 Å². The molecule has 0 unspecified atom stereocenters. The number of carboxylic acid groups (broad SMARTS) is 1. The first kappa shape index (κ1) is 22.3. The van der Waals surface area contributed by atoms with Crippen LogP contribution in [-0.4, -0.2) is 64.6 Å². The van der Waals surface area contributed by atoms with Crippen LogP contribution in [0, 0.1) is 5.92 Å². The Hall–Kier alpha value is -3.49. The number of hydrogen-bond acceptors (Lipinski definition) is 7. The van der Waals surface area contributed by atoms with Gasteiger partial charge < -0.3 is 24.4 Å². The normalized spacial score (nSPS) is 21.2. The van der Waals surface area contributed by atoms with E-state index in [0.29, 0.717) is 11.8 Å². The smallest absolute Gasteiger partial charge is 0.305 e. The van der Waals surface area contributed by atoms with E-state index in [2.05, 4.69) is 38.9 Å². The second kappa shape index (κ2) is 9.40. The number of anilines is 2. The second-order valence-electron chi connectivity index (χ2n) is 9.31. The van der Waals surface area contributed by atoms with Crippen LogP contribution in [0.15, 0.2) is 42.7 Å². The van der Waals surface area contributed by atoms with Crippen molar-refractivity contribution in [1.29, 1.82) is 0 Å². The lowest BCUT2D eigenvalue weighted by molar-refractivity contribution is -0.137. The summed E-state index contributed by atoms with van der Waals surface area (Å²) >= 11 is 0. The average molecular weight is 466 g/mol. The predicted octanol–water partition coefficient (Wildman–Crippen LogP) is 3.48. The fourth-order valence-electron chi connectivity index (χ4n) is 5.20. The Morgan fingerprint density at radius 2 is 1.97 bits per heavy atom. The molecule has 5 rings (SSSR count). The van der Waals surface area contributed by atoms with Crippen LogP contribution in [0.2, 0.25) is 0 Å². The summed E-state index contributed by atoms with van der Waals surface area (Å²) < 4.78 is 13.4. The SMILES string of the molecule is COc1cc(N2CCC(Oc3ccc(N4C[C@H](C)C[C@@H]4CC(=O)O)cc3)CC2)c2nccn2n1. The lowest BCUT2D eigenvalue weighted by Crippen LogP contribution is -2.38. The van der Waals surface area contributed by atoms with Crippen LogP contribution in [0.4, 0.5) is 11.4 Å². The number of benzene rings is 1. The fraction of sp³-hybridized carbons (Fsp3) is 0.480. The molecule has 2 saturated heterocycles. The minimum atomic E-state index is -0.742. The number of ether oxygens (including phenoxy) is 2. The summed E-state index contributed by atoms with van der Waals surface area (Å²) in [5.74, 6) is 1.17. The van der Waals surface area contributed by atoms with E-state index in [4.69, 9.17) is 9.47 Å². The Bertz CT molecular complexity index is 1140. The van der Waals surface area contributed by atoms with Gasteiger partial charge in [-0.25, -0.2) is 9.50 Å². The minimum absolute atomic E-state index is 0.0527. The van der Waals surface area contributed by atoms with Crippen LogP contribution in [0.25, 0.3) is 5.65 Å². The number of hydrogen-bond donors (Lipinski definition) is 1. The third-order valence-electron chi connectivity index (χ3n) is 6.81. The van der Waals surface area contributed by atoms with Crippen molar-refractivity contribution in [3.8, 4) is 11.6 Å². The van der Waals surface area contributed by atoms with Gasteiger partial charge in [-0.2, -0.15) is 0 Å². The summed E-state index contributed by atoms with van der Waals surface area (Å²) in [6.07, 6.45) is 6.62. The van der Waals surface area contributed by atoms with E-state index >= 15 is 0 Å². The fourth-order valence-corrected chi connectivity index (χ4v) is 5.20. The number of rotatable bonds is 7. The number of aromatic nitrogens is 3. The molecular weight excluding hydrogens is 434 g/mol. The molecule has 4 heterocycles. The van der Waals surface area contributed by atoms with Gasteiger partial charge in [-0.1, -0.05) is 6.92 Å². The van der Waals surface area contributed by atoms with Gasteiger partial charge in [0.1, 0.15) is 11.9 Å². The molecule has 9 nitrogen and oxygen atoms in total. The molecule has 0 bridgehead atoms. The Balaban J connectivity index is 1.20. The molecule has 2 aromatic heterocycles. The molecule has 1 N–H and O–H groups in total. The van der Waals surface area contributed by atoms with Crippen molar-refractivity contribution < 1.29 is 19.4 Å². The van der Waals surface area contributed by atoms with E-state index in [0.717, 1.165) is 61.7 Å². The highest BCUT2D eigenvalue weighted by Gasteiger charge is 2.31. The van der Waals surface area contributed by atoms with Gasteiger partial charge in [0.15, 0.2) is 5.65 Å². The highest BCUT2D eigenvalue weighted by atomic mass is 16.5. The zero-order valence-electron chi connectivity index (χ0n) is 19.6. The molecule has 2 aliphatic heterocycles. The van der Waals surface area contributed by atoms with E-state index < -0.39 is 5.97 Å². The first-order valence-corrected chi connectivity index (χ1v) is 11.9. The molecule has 0 aliphatic carbocycles. The van der Waals surface area contributed by atoms with Crippen LogP contribution in [-0.2, 0) is 4.79 Å². The summed E-state index contributed by atoms with van der Waals surface area (Å²) in [5, 5.41) is 13.6. The maximum atomic E-state index is 11.2. The number of carbonyl (C=O) groups is 1. The van der Waals surface area contributed by atoms with Crippen molar-refractivity contribution >= 4 is 23.0 Å². The molecule has 3 aromatic rings. The topological polar surface area (TPSA) is 92.4 Å². The van der Waals surface area contributed by atoms with Crippen molar-refractivity contribution in [2.75, 3.05) is 36.5 Å². The molecule has 0 spiro atoms. The minimum Gasteiger partial charge on any atom is -0.490 e. The Morgan fingerprint density at radius 3 is 2.68 bits per heavy atom. The summed E-state index contributed by atoms with van der Waals surface area (Å²) in [6, 6.07) is 10.1. The number of piperidine rings is 1. The van der Waals surface area contributed by atoms with Crippen LogP contribution in [0.5, 0.6) is 11.6 Å². The molecule has 180 valence electrons. The monoisotopic (exact) mass is 465 g/mol. The van der Waals surface area contributed by atoms with E-state index in [1.165, 1.54) is 0 Å². The van der Waals surface area contributed by atoms with Gasteiger partial charge in [-0.15, -0.1) is 5.10 Å². The van der Waals surface area contributed by atoms with E-state index in [1.54, 1.807) is 17.8 Å². The third kappa shape index (κ3) is 4.60. The lowest BCUT2D eigenvalue weighted by atomic mass is 10.1. The number of imidazole rings is 1. The third-order valence-corrected chi connectivity index (χ3v) is 6.81. The predicted molar refractivity (Wildman–Crippen MR) is 129 cm³/mol. The first-order valence-electron chi connectivity index (χ1n) is 11.9. The number of fused-ring (bicyclic) bond motifs is 1. The molecule has 34 heavy (non-hydrogen) atoms. The molecule has 0 radical (unpaired) electrons. The Labute approximate surface area is 198 Å². The van der Waals surface area contributed by atoms with E-state index in [-0.39, 0.29) is 18.6 Å². The molecule has 2 atom stereocenters. The molecule has 2 fully saturated rings. The van der Waals surface area contributed by atoms with Crippen molar-refractivity contribution in [3.05, 3.63) is 42.7 Å². The summed E-state index contributed by atoms with van der Waals surface area (Å²) in [5.41, 5.74) is 2.91. The van der Waals surface area contributed by atoms with Gasteiger partial charge in [0, 0.05) is 62.7 Å². The number of carboxylic acids is 1. The zero-order valence-corrected chi connectivity index (χ0v) is 19.6. The maximum absolute atomic E-state index is 11.2.